The van der Waals surface area contributed by atoms with Crippen molar-refractivity contribution in [3.63, 3.8) is 0 Å². The Bertz CT molecular complexity index is 637. The number of nitrogens with zero attached hydrogens (tertiary/aromatic N) is 3. The van der Waals surface area contributed by atoms with Crippen molar-refractivity contribution in [2.24, 2.45) is 0 Å². The van der Waals surface area contributed by atoms with E-state index in [1.807, 2.05) is 25.1 Å². The number of nitrogens with one attached hydrogen (secondary N) is 1. The first-order valence-corrected chi connectivity index (χ1v) is 6.94. The lowest BCUT2D eigenvalue weighted by Crippen LogP contribution is -2.20. The van der Waals surface area contributed by atoms with Crippen LogP contribution in [0.4, 0.5) is 16.5 Å². The monoisotopic (exact) mass is 274 g/mol. The van der Waals surface area contributed by atoms with Crippen LogP contribution in [-0.2, 0) is 17.6 Å². The molecule has 0 spiro atoms. The van der Waals surface area contributed by atoms with Gasteiger partial charge in [0, 0.05) is 36.4 Å². The molecule has 0 bridgehead atoms. The number of hydrogen-bond acceptors (Lipinski definition) is 5. The van der Waals surface area contributed by atoms with Gasteiger partial charge in [-0.2, -0.15) is 4.37 Å². The van der Waals surface area contributed by atoms with Crippen molar-refractivity contribution >= 4 is 33.9 Å². The standard InChI is InChI=1S/C13H14N4OS/c1-3-11-15-13(19-16-11)14-9-4-5-10-8(6-9)7-12(18)17(10)2/h4-6H,3,7H2,1-2H3,(H,14,15,16). The Labute approximate surface area is 115 Å². The summed E-state index contributed by atoms with van der Waals surface area (Å²) in [5, 5.41) is 4.02. The fourth-order valence-electron chi connectivity index (χ4n) is 2.12. The first-order valence-electron chi connectivity index (χ1n) is 6.16. The molecule has 1 N–H and O–H groups in total. The average Bonchev–Trinajstić information content (AvgIpc) is 2.96. The molecule has 1 aromatic heterocycles. The summed E-state index contributed by atoms with van der Waals surface area (Å²) in [5.74, 6) is 0.986. The largest absolute Gasteiger partial charge is 0.330 e. The molecular formula is C13H14N4OS. The second-order valence-electron chi connectivity index (χ2n) is 4.47. The summed E-state index contributed by atoms with van der Waals surface area (Å²) in [5.41, 5.74) is 2.99. The Morgan fingerprint density at radius 3 is 3.05 bits per heavy atom. The van der Waals surface area contributed by atoms with Gasteiger partial charge in [-0.3, -0.25) is 4.79 Å². The maximum absolute atomic E-state index is 11.6. The van der Waals surface area contributed by atoms with E-state index in [0.717, 1.165) is 34.3 Å². The van der Waals surface area contributed by atoms with Gasteiger partial charge in [-0.1, -0.05) is 6.92 Å². The minimum Gasteiger partial charge on any atom is -0.330 e. The number of rotatable bonds is 3. The SMILES string of the molecule is CCc1nsc(Nc2ccc3c(c2)CC(=O)N3C)n1. The van der Waals surface area contributed by atoms with E-state index in [9.17, 15) is 4.79 Å². The number of hydrogen-bond donors (Lipinski definition) is 1. The smallest absolute Gasteiger partial charge is 0.231 e. The van der Waals surface area contributed by atoms with Gasteiger partial charge in [0.15, 0.2) is 0 Å². The Morgan fingerprint density at radius 1 is 1.47 bits per heavy atom. The van der Waals surface area contributed by atoms with Crippen molar-refractivity contribution in [1.29, 1.82) is 0 Å². The second-order valence-corrected chi connectivity index (χ2v) is 5.22. The van der Waals surface area contributed by atoms with Gasteiger partial charge in [-0.05, 0) is 23.8 Å². The van der Waals surface area contributed by atoms with E-state index in [4.69, 9.17) is 0 Å². The predicted octanol–water partition coefficient (Wildman–Crippen LogP) is 2.36. The van der Waals surface area contributed by atoms with Crippen molar-refractivity contribution in [2.75, 3.05) is 17.3 Å². The molecule has 0 aliphatic carbocycles. The fraction of sp³-hybridized carbons (Fsp3) is 0.308. The molecule has 0 radical (unpaired) electrons. The Morgan fingerprint density at radius 2 is 2.32 bits per heavy atom. The lowest BCUT2D eigenvalue weighted by molar-refractivity contribution is -0.117. The fourth-order valence-corrected chi connectivity index (χ4v) is 2.79. The Hall–Kier alpha value is -1.95. The van der Waals surface area contributed by atoms with Gasteiger partial charge in [-0.15, -0.1) is 0 Å². The van der Waals surface area contributed by atoms with Crippen LogP contribution in [0.1, 0.15) is 18.3 Å². The van der Waals surface area contributed by atoms with E-state index in [1.54, 1.807) is 11.9 Å². The first-order chi connectivity index (χ1) is 9.17. The van der Waals surface area contributed by atoms with Gasteiger partial charge in [0.1, 0.15) is 5.82 Å². The van der Waals surface area contributed by atoms with E-state index < -0.39 is 0 Å². The van der Waals surface area contributed by atoms with Crippen LogP contribution in [0, 0.1) is 0 Å². The maximum Gasteiger partial charge on any atom is 0.231 e. The number of benzene rings is 1. The number of carbonyl (C=O) groups is 1. The van der Waals surface area contributed by atoms with Crippen molar-refractivity contribution in [3.8, 4) is 0 Å². The molecule has 2 heterocycles. The third-order valence-corrected chi connectivity index (χ3v) is 3.86. The molecular weight excluding hydrogens is 260 g/mol. The Kier molecular flexibility index (Phi) is 2.94. The number of aromatic nitrogens is 2. The van der Waals surface area contributed by atoms with Gasteiger partial charge in [0.2, 0.25) is 11.0 Å². The zero-order valence-corrected chi connectivity index (χ0v) is 11.6. The lowest BCUT2D eigenvalue weighted by atomic mass is 10.1. The minimum atomic E-state index is 0.135. The highest BCUT2D eigenvalue weighted by Gasteiger charge is 2.23. The number of carbonyl (C=O) groups excluding carboxylic acids is 1. The first kappa shape index (κ1) is 12.1. The van der Waals surface area contributed by atoms with E-state index in [1.165, 1.54) is 11.5 Å². The van der Waals surface area contributed by atoms with Crippen LogP contribution in [0.25, 0.3) is 0 Å². The van der Waals surface area contributed by atoms with Crippen LogP contribution in [0.5, 0.6) is 0 Å². The number of fused-ring (bicyclic) bond motifs is 1. The lowest BCUT2D eigenvalue weighted by Gasteiger charge is -2.10. The third-order valence-electron chi connectivity index (χ3n) is 3.19. The summed E-state index contributed by atoms with van der Waals surface area (Å²) in [6.07, 6.45) is 1.30. The van der Waals surface area contributed by atoms with Crippen LogP contribution in [0.2, 0.25) is 0 Å². The van der Waals surface area contributed by atoms with Crippen LogP contribution < -0.4 is 10.2 Å². The molecule has 19 heavy (non-hydrogen) atoms. The molecule has 1 aromatic carbocycles. The zero-order chi connectivity index (χ0) is 13.4. The van der Waals surface area contributed by atoms with Crippen LogP contribution in [0.15, 0.2) is 18.2 Å². The Balaban J connectivity index is 1.84. The maximum atomic E-state index is 11.6. The molecule has 1 aliphatic heterocycles. The molecule has 2 aromatic rings. The summed E-state index contributed by atoms with van der Waals surface area (Å²) in [6.45, 7) is 2.03. The van der Waals surface area contributed by atoms with Gasteiger partial charge < -0.3 is 10.2 Å². The molecule has 1 amide bonds. The molecule has 98 valence electrons. The van der Waals surface area contributed by atoms with Crippen LogP contribution in [0.3, 0.4) is 0 Å². The number of likely N-dealkylation sites (N-methyl/N-ethyl adjacent to an activating group) is 1. The minimum absolute atomic E-state index is 0.135. The van der Waals surface area contributed by atoms with E-state index >= 15 is 0 Å². The summed E-state index contributed by atoms with van der Waals surface area (Å²) < 4.78 is 4.23. The quantitative estimate of drug-likeness (QED) is 0.933. The number of anilines is 3. The van der Waals surface area contributed by atoms with Crippen LogP contribution >= 0.6 is 11.5 Å². The van der Waals surface area contributed by atoms with Crippen molar-refractivity contribution < 1.29 is 4.79 Å². The molecule has 6 heteroatoms. The molecule has 0 fully saturated rings. The zero-order valence-electron chi connectivity index (χ0n) is 10.8. The van der Waals surface area contributed by atoms with Crippen LogP contribution in [-0.4, -0.2) is 22.3 Å². The van der Waals surface area contributed by atoms with Crippen molar-refractivity contribution in [3.05, 3.63) is 29.6 Å². The summed E-state index contributed by atoms with van der Waals surface area (Å²) in [4.78, 5) is 17.7. The predicted molar refractivity (Wildman–Crippen MR) is 76.1 cm³/mol. The second kappa shape index (κ2) is 4.62. The van der Waals surface area contributed by atoms with Gasteiger partial charge in [0.25, 0.3) is 0 Å². The number of aryl methyl sites for hydroxylation is 1. The topological polar surface area (TPSA) is 58.1 Å². The van der Waals surface area contributed by atoms with Crippen molar-refractivity contribution in [1.82, 2.24) is 9.36 Å². The van der Waals surface area contributed by atoms with E-state index in [-0.39, 0.29) is 5.91 Å². The molecule has 0 saturated carbocycles. The van der Waals surface area contributed by atoms with E-state index in [2.05, 4.69) is 14.7 Å². The number of amides is 1. The molecule has 0 saturated heterocycles. The van der Waals surface area contributed by atoms with Gasteiger partial charge >= 0.3 is 0 Å². The summed E-state index contributed by atoms with van der Waals surface area (Å²) >= 11 is 1.35. The molecule has 1 aliphatic rings. The highest BCUT2D eigenvalue weighted by atomic mass is 32.1. The molecule has 0 unspecified atom stereocenters. The highest BCUT2D eigenvalue weighted by molar-refractivity contribution is 7.09. The van der Waals surface area contributed by atoms with Gasteiger partial charge in [0.05, 0.1) is 6.42 Å². The van der Waals surface area contributed by atoms with E-state index in [0.29, 0.717) is 6.42 Å². The summed E-state index contributed by atoms with van der Waals surface area (Å²) in [7, 11) is 1.81. The molecule has 3 rings (SSSR count). The third kappa shape index (κ3) is 2.19. The van der Waals surface area contributed by atoms with Crippen molar-refractivity contribution in [2.45, 2.75) is 19.8 Å². The molecule has 0 atom stereocenters. The van der Waals surface area contributed by atoms with Gasteiger partial charge in [-0.25, -0.2) is 4.98 Å². The molecule has 5 nitrogen and oxygen atoms in total. The highest BCUT2D eigenvalue weighted by Crippen LogP contribution is 2.31. The average molecular weight is 274 g/mol. The normalized spacial score (nSPS) is 13.8. The summed E-state index contributed by atoms with van der Waals surface area (Å²) in [6, 6.07) is 5.93.